The lowest BCUT2D eigenvalue weighted by atomic mass is 10.1. The average molecular weight is 341 g/mol. The number of unbranched alkanes of at least 4 members (excludes halogenated alkanes) is 1. The van der Waals surface area contributed by atoms with Gasteiger partial charge in [-0.1, -0.05) is 24.9 Å². The van der Waals surface area contributed by atoms with Gasteiger partial charge in [-0.3, -0.25) is 9.59 Å². The van der Waals surface area contributed by atoms with E-state index in [1.54, 1.807) is 0 Å². The van der Waals surface area contributed by atoms with Gasteiger partial charge in [-0.2, -0.15) is 0 Å². The Bertz CT molecular complexity index is 393. The van der Waals surface area contributed by atoms with E-state index in [0.29, 0.717) is 6.42 Å². The van der Waals surface area contributed by atoms with Gasteiger partial charge in [0.15, 0.2) is 0 Å². The summed E-state index contributed by atoms with van der Waals surface area (Å²) in [5.74, 6) is -0.0167. The molecule has 1 atom stereocenters. The molecule has 2 N–H and O–H groups in total. The summed E-state index contributed by atoms with van der Waals surface area (Å²) >= 11 is 0. The Labute approximate surface area is 144 Å². The summed E-state index contributed by atoms with van der Waals surface area (Å²) < 4.78 is 0. The predicted octanol–water partition coefficient (Wildman–Crippen LogP) is 2.01. The number of carbonyl (C=O) groups is 2. The summed E-state index contributed by atoms with van der Waals surface area (Å²) in [7, 11) is 0. The zero-order valence-electron chi connectivity index (χ0n) is 14.7. The van der Waals surface area contributed by atoms with Gasteiger partial charge < -0.3 is 20.2 Å². The molecular weight excluding hydrogens is 310 g/mol. The minimum atomic E-state index is -0.398. The van der Waals surface area contributed by atoms with Crippen LogP contribution in [0.2, 0.25) is 0 Å². The Morgan fingerprint density at radius 3 is 2.58 bits per heavy atom. The topological polar surface area (TPSA) is 91.2 Å². The second-order valence-corrected chi connectivity index (χ2v) is 6.17. The standard InChI is InChI=1S/C16H29N3O2.CH2O2/c1-2-14-13-15(21-18-14)16(20)17-9-5-8-12-19-10-6-3-4-7-11-19;2-1-3/h15H,2-13H2,1H3,(H,17,20);1H,(H,2,3). The quantitative estimate of drug-likeness (QED) is 0.546. The molecular formula is C17H31N3O4. The first-order chi connectivity index (χ1) is 11.7. The van der Waals surface area contributed by atoms with E-state index in [9.17, 15) is 4.79 Å². The fourth-order valence-corrected chi connectivity index (χ4v) is 2.92. The number of nitrogens with one attached hydrogen (secondary N) is 1. The molecule has 1 amide bonds. The zero-order valence-corrected chi connectivity index (χ0v) is 14.7. The van der Waals surface area contributed by atoms with Crippen molar-refractivity contribution in [3.63, 3.8) is 0 Å². The number of nitrogens with zero attached hydrogens (tertiary/aromatic N) is 2. The van der Waals surface area contributed by atoms with Crippen molar-refractivity contribution in [2.24, 2.45) is 5.16 Å². The third-order valence-electron chi connectivity index (χ3n) is 4.33. The Hall–Kier alpha value is -1.63. The molecule has 0 aliphatic carbocycles. The highest BCUT2D eigenvalue weighted by Gasteiger charge is 2.26. The first-order valence-corrected chi connectivity index (χ1v) is 9.00. The summed E-state index contributed by atoms with van der Waals surface area (Å²) in [6, 6.07) is 0. The van der Waals surface area contributed by atoms with Crippen molar-refractivity contribution in [3.05, 3.63) is 0 Å². The fraction of sp³-hybridized carbons (Fsp3) is 0.824. The Morgan fingerprint density at radius 2 is 2.00 bits per heavy atom. The monoisotopic (exact) mass is 341 g/mol. The molecule has 0 aromatic carbocycles. The van der Waals surface area contributed by atoms with Crippen LogP contribution in [0.1, 0.15) is 58.3 Å². The second-order valence-electron chi connectivity index (χ2n) is 6.17. The Balaban J connectivity index is 0.000000891. The van der Waals surface area contributed by atoms with E-state index >= 15 is 0 Å². The average Bonchev–Trinajstić information content (AvgIpc) is 2.92. The minimum absolute atomic E-state index is 0.0167. The highest BCUT2D eigenvalue weighted by molar-refractivity contribution is 5.92. The number of hydrogen-bond donors (Lipinski definition) is 2. The molecule has 2 rings (SSSR count). The van der Waals surface area contributed by atoms with E-state index in [0.717, 1.165) is 31.5 Å². The maximum absolute atomic E-state index is 11.9. The number of hydrogen-bond acceptors (Lipinski definition) is 5. The Kier molecular flexibility index (Phi) is 10.8. The largest absolute Gasteiger partial charge is 0.483 e. The SMILES string of the molecule is CCC1=NOC(C(=O)NCCCCN2CCCCCC2)C1.O=CO. The van der Waals surface area contributed by atoms with E-state index in [4.69, 9.17) is 14.7 Å². The van der Waals surface area contributed by atoms with Gasteiger partial charge in [0.05, 0.1) is 5.71 Å². The van der Waals surface area contributed by atoms with Crippen LogP contribution in [0.15, 0.2) is 5.16 Å². The van der Waals surface area contributed by atoms with Gasteiger partial charge in [-0.25, -0.2) is 0 Å². The molecule has 0 radical (unpaired) electrons. The fourth-order valence-electron chi connectivity index (χ4n) is 2.92. The molecule has 0 aromatic heterocycles. The molecule has 7 heteroatoms. The third kappa shape index (κ3) is 8.29. The first-order valence-electron chi connectivity index (χ1n) is 9.00. The van der Waals surface area contributed by atoms with Gasteiger partial charge in [0.2, 0.25) is 6.10 Å². The van der Waals surface area contributed by atoms with Crippen LogP contribution in [0.25, 0.3) is 0 Å². The molecule has 1 saturated heterocycles. The normalized spacial score (nSPS) is 20.9. The molecule has 0 spiro atoms. The van der Waals surface area contributed by atoms with Crippen LogP contribution in [0, 0.1) is 0 Å². The molecule has 1 fully saturated rings. The molecule has 0 bridgehead atoms. The number of oxime groups is 1. The van der Waals surface area contributed by atoms with Gasteiger partial charge in [-0.05, 0) is 51.7 Å². The van der Waals surface area contributed by atoms with Gasteiger partial charge in [0, 0.05) is 13.0 Å². The molecule has 2 aliphatic rings. The van der Waals surface area contributed by atoms with Crippen LogP contribution < -0.4 is 5.32 Å². The molecule has 24 heavy (non-hydrogen) atoms. The van der Waals surface area contributed by atoms with E-state index in [2.05, 4.69) is 15.4 Å². The second kappa shape index (κ2) is 12.8. The van der Waals surface area contributed by atoms with Crippen molar-refractivity contribution in [1.82, 2.24) is 10.2 Å². The number of carboxylic acid groups (broad SMARTS) is 1. The molecule has 0 saturated carbocycles. The zero-order chi connectivity index (χ0) is 17.6. The molecule has 2 heterocycles. The molecule has 2 aliphatic heterocycles. The van der Waals surface area contributed by atoms with E-state index < -0.39 is 6.10 Å². The van der Waals surface area contributed by atoms with Gasteiger partial charge in [0.1, 0.15) is 0 Å². The number of carbonyl (C=O) groups excluding carboxylic acids is 1. The molecule has 0 aromatic rings. The number of amides is 1. The van der Waals surface area contributed by atoms with E-state index in [-0.39, 0.29) is 12.4 Å². The molecule has 7 nitrogen and oxygen atoms in total. The van der Waals surface area contributed by atoms with Crippen molar-refractivity contribution in [2.75, 3.05) is 26.2 Å². The summed E-state index contributed by atoms with van der Waals surface area (Å²) in [5, 5.41) is 13.8. The van der Waals surface area contributed by atoms with Crippen molar-refractivity contribution < 1.29 is 19.5 Å². The maximum Gasteiger partial charge on any atom is 0.290 e. The lowest BCUT2D eigenvalue weighted by molar-refractivity contribution is -0.131. The minimum Gasteiger partial charge on any atom is -0.483 e. The van der Waals surface area contributed by atoms with Crippen LogP contribution in [-0.4, -0.2) is 60.4 Å². The van der Waals surface area contributed by atoms with Gasteiger partial charge >= 0.3 is 0 Å². The van der Waals surface area contributed by atoms with Crippen molar-refractivity contribution >= 4 is 18.1 Å². The predicted molar refractivity (Wildman–Crippen MR) is 93.1 cm³/mol. The maximum atomic E-state index is 11.9. The summed E-state index contributed by atoms with van der Waals surface area (Å²) in [4.78, 5) is 28.0. The third-order valence-corrected chi connectivity index (χ3v) is 4.33. The highest BCUT2D eigenvalue weighted by atomic mass is 16.6. The van der Waals surface area contributed by atoms with Crippen LogP contribution >= 0.6 is 0 Å². The van der Waals surface area contributed by atoms with Crippen molar-refractivity contribution in [1.29, 1.82) is 0 Å². The van der Waals surface area contributed by atoms with Crippen LogP contribution in [0.3, 0.4) is 0 Å². The van der Waals surface area contributed by atoms with Gasteiger partial charge in [-0.15, -0.1) is 0 Å². The number of likely N-dealkylation sites (tertiary alicyclic amines) is 1. The van der Waals surface area contributed by atoms with Crippen LogP contribution in [-0.2, 0) is 14.4 Å². The summed E-state index contributed by atoms with van der Waals surface area (Å²) in [6.45, 7) is 6.19. The van der Waals surface area contributed by atoms with Crippen molar-refractivity contribution in [3.8, 4) is 0 Å². The first kappa shape index (κ1) is 20.4. The van der Waals surface area contributed by atoms with E-state index in [1.807, 2.05) is 6.92 Å². The lowest BCUT2D eigenvalue weighted by Crippen LogP contribution is -2.35. The summed E-state index contributed by atoms with van der Waals surface area (Å²) in [6.07, 6.45) is 8.76. The van der Waals surface area contributed by atoms with Crippen molar-refractivity contribution in [2.45, 2.75) is 64.4 Å². The summed E-state index contributed by atoms with van der Waals surface area (Å²) in [5.41, 5.74) is 0.983. The van der Waals surface area contributed by atoms with Gasteiger partial charge in [0.25, 0.3) is 12.4 Å². The number of rotatable bonds is 7. The molecule has 1 unspecified atom stereocenters. The smallest absolute Gasteiger partial charge is 0.290 e. The van der Waals surface area contributed by atoms with Crippen LogP contribution in [0.4, 0.5) is 0 Å². The lowest BCUT2D eigenvalue weighted by Gasteiger charge is -2.19. The highest BCUT2D eigenvalue weighted by Crippen LogP contribution is 2.13. The van der Waals surface area contributed by atoms with E-state index in [1.165, 1.54) is 45.3 Å². The Morgan fingerprint density at radius 1 is 1.33 bits per heavy atom. The van der Waals surface area contributed by atoms with Crippen LogP contribution in [0.5, 0.6) is 0 Å². The molecule has 138 valence electrons.